The van der Waals surface area contributed by atoms with E-state index in [-0.39, 0.29) is 16.5 Å². The summed E-state index contributed by atoms with van der Waals surface area (Å²) in [6, 6.07) is 13.4. The first-order valence-electron chi connectivity index (χ1n) is 8.65. The highest BCUT2D eigenvalue weighted by molar-refractivity contribution is 7.99. The van der Waals surface area contributed by atoms with Crippen LogP contribution in [0.1, 0.15) is 6.92 Å². The number of hydrogen-bond donors (Lipinski definition) is 3. The molecular formula is C18H25N3O3S3. The molecule has 0 aliphatic heterocycles. The van der Waals surface area contributed by atoms with E-state index in [0.29, 0.717) is 19.0 Å². The summed E-state index contributed by atoms with van der Waals surface area (Å²) in [4.78, 5) is 5.50. The van der Waals surface area contributed by atoms with Gasteiger partial charge in [0.1, 0.15) is 4.21 Å². The molecule has 0 aliphatic carbocycles. The van der Waals surface area contributed by atoms with Crippen LogP contribution in [0.15, 0.2) is 61.9 Å². The van der Waals surface area contributed by atoms with Crippen LogP contribution in [0, 0.1) is 0 Å². The standard InChI is InChI=1S/C18H25N3O3S3/c1-2-19-18(20-10-12-25-16-7-4-3-5-8-16)21-13-15(22)14-27(23,24)17-9-6-11-26-17/h3-9,11,15,22H,2,10,12-14H2,1H3,(H2,19,20,21). The van der Waals surface area contributed by atoms with Crippen LogP contribution in [0.2, 0.25) is 0 Å². The molecule has 2 rings (SSSR count). The minimum atomic E-state index is -3.47. The molecular weight excluding hydrogens is 402 g/mol. The van der Waals surface area contributed by atoms with E-state index >= 15 is 0 Å². The Morgan fingerprint density at radius 3 is 2.67 bits per heavy atom. The lowest BCUT2D eigenvalue weighted by molar-refractivity contribution is 0.206. The molecule has 0 fully saturated rings. The number of benzene rings is 1. The van der Waals surface area contributed by atoms with Gasteiger partial charge < -0.3 is 15.7 Å². The van der Waals surface area contributed by atoms with E-state index in [1.165, 1.54) is 4.90 Å². The predicted molar refractivity (Wildman–Crippen MR) is 114 cm³/mol. The largest absolute Gasteiger partial charge is 0.390 e. The van der Waals surface area contributed by atoms with Crippen LogP contribution in [-0.4, -0.2) is 56.7 Å². The molecule has 0 radical (unpaired) electrons. The fourth-order valence-electron chi connectivity index (χ4n) is 2.22. The van der Waals surface area contributed by atoms with E-state index in [1.807, 2.05) is 25.1 Å². The molecule has 0 bridgehead atoms. The Morgan fingerprint density at radius 2 is 2.00 bits per heavy atom. The van der Waals surface area contributed by atoms with Gasteiger partial charge in [0.15, 0.2) is 15.8 Å². The molecule has 1 aromatic carbocycles. The summed E-state index contributed by atoms with van der Waals surface area (Å²) in [7, 11) is -3.47. The van der Waals surface area contributed by atoms with E-state index in [2.05, 4.69) is 27.8 Å². The van der Waals surface area contributed by atoms with Crippen molar-refractivity contribution in [2.24, 2.45) is 4.99 Å². The maximum Gasteiger partial charge on any atom is 0.191 e. The molecule has 6 nitrogen and oxygen atoms in total. The molecule has 0 saturated heterocycles. The molecule has 0 amide bonds. The van der Waals surface area contributed by atoms with Crippen molar-refractivity contribution in [1.29, 1.82) is 0 Å². The lowest BCUT2D eigenvalue weighted by Gasteiger charge is -2.13. The van der Waals surface area contributed by atoms with Gasteiger partial charge in [-0.15, -0.1) is 23.1 Å². The van der Waals surface area contributed by atoms with Gasteiger partial charge in [-0.1, -0.05) is 24.3 Å². The molecule has 1 atom stereocenters. The van der Waals surface area contributed by atoms with E-state index in [4.69, 9.17) is 0 Å². The van der Waals surface area contributed by atoms with Crippen LogP contribution in [0.25, 0.3) is 0 Å². The van der Waals surface area contributed by atoms with Gasteiger partial charge >= 0.3 is 0 Å². The van der Waals surface area contributed by atoms with E-state index < -0.39 is 15.9 Å². The van der Waals surface area contributed by atoms with Crippen LogP contribution in [-0.2, 0) is 9.84 Å². The number of aliphatic hydroxyl groups is 1. The van der Waals surface area contributed by atoms with E-state index in [9.17, 15) is 13.5 Å². The van der Waals surface area contributed by atoms with Crippen molar-refractivity contribution in [1.82, 2.24) is 10.6 Å². The topological polar surface area (TPSA) is 90.8 Å². The van der Waals surface area contributed by atoms with Crippen LogP contribution in [0.5, 0.6) is 0 Å². The summed E-state index contributed by atoms with van der Waals surface area (Å²) in [5.74, 6) is 1.10. The van der Waals surface area contributed by atoms with Crippen LogP contribution in [0.4, 0.5) is 0 Å². The third-order valence-corrected chi connectivity index (χ3v) is 7.72. The number of thiophene rings is 1. The molecule has 1 heterocycles. The van der Waals surface area contributed by atoms with Crippen LogP contribution < -0.4 is 10.6 Å². The third kappa shape index (κ3) is 7.92. The summed E-state index contributed by atoms with van der Waals surface area (Å²) < 4.78 is 24.6. The number of hydrogen-bond acceptors (Lipinski definition) is 6. The zero-order valence-corrected chi connectivity index (χ0v) is 17.6. The lowest BCUT2D eigenvalue weighted by atomic mass is 10.4. The molecule has 0 saturated carbocycles. The zero-order valence-electron chi connectivity index (χ0n) is 15.2. The van der Waals surface area contributed by atoms with Gasteiger partial charge in [0.05, 0.1) is 18.4 Å². The highest BCUT2D eigenvalue weighted by Crippen LogP contribution is 2.18. The number of aliphatic hydroxyl groups excluding tert-OH is 1. The normalized spacial score (nSPS) is 13.3. The fraction of sp³-hybridized carbons (Fsp3) is 0.389. The minimum absolute atomic E-state index is 0.0196. The Balaban J connectivity index is 1.79. The summed E-state index contributed by atoms with van der Waals surface area (Å²) in [6.07, 6.45) is -1.05. The monoisotopic (exact) mass is 427 g/mol. The van der Waals surface area contributed by atoms with E-state index in [1.54, 1.807) is 29.3 Å². The van der Waals surface area contributed by atoms with Crippen LogP contribution >= 0.6 is 23.1 Å². The molecule has 3 N–H and O–H groups in total. The van der Waals surface area contributed by atoms with Crippen molar-refractivity contribution in [3.63, 3.8) is 0 Å². The highest BCUT2D eigenvalue weighted by Gasteiger charge is 2.20. The third-order valence-electron chi connectivity index (χ3n) is 3.42. The number of guanidine groups is 1. The second-order valence-electron chi connectivity index (χ2n) is 5.68. The minimum Gasteiger partial charge on any atom is -0.390 e. The average Bonchev–Trinajstić information content (AvgIpc) is 3.19. The lowest BCUT2D eigenvalue weighted by Crippen LogP contribution is -2.39. The maximum atomic E-state index is 12.2. The predicted octanol–water partition coefficient (Wildman–Crippen LogP) is 2.23. The molecule has 9 heteroatoms. The molecule has 1 aromatic heterocycles. The Hall–Kier alpha value is -1.55. The molecule has 27 heavy (non-hydrogen) atoms. The number of nitrogens with zero attached hydrogens (tertiary/aromatic N) is 1. The second kappa shape index (κ2) is 11.3. The molecule has 1 unspecified atom stereocenters. The Labute approximate surface area is 169 Å². The van der Waals surface area contributed by atoms with Crippen molar-refractivity contribution in [3.05, 3.63) is 47.8 Å². The average molecular weight is 428 g/mol. The van der Waals surface area contributed by atoms with Crippen molar-refractivity contribution < 1.29 is 13.5 Å². The second-order valence-corrected chi connectivity index (χ2v) is 10.1. The number of sulfone groups is 1. The molecule has 0 spiro atoms. The summed E-state index contributed by atoms with van der Waals surface area (Å²) >= 11 is 2.89. The van der Waals surface area contributed by atoms with Gasteiger partial charge in [-0.05, 0) is 30.5 Å². The summed E-state index contributed by atoms with van der Waals surface area (Å²) in [6.45, 7) is 3.36. The van der Waals surface area contributed by atoms with Gasteiger partial charge in [0, 0.05) is 23.7 Å². The van der Waals surface area contributed by atoms with E-state index in [0.717, 1.165) is 17.1 Å². The summed E-state index contributed by atoms with van der Waals surface area (Å²) in [5, 5.41) is 18.1. The number of thioether (sulfide) groups is 1. The summed E-state index contributed by atoms with van der Waals surface area (Å²) in [5.41, 5.74) is 0. The SMILES string of the molecule is CCNC(=NCC(O)CS(=O)(=O)c1cccs1)NCCSc1ccccc1. The van der Waals surface area contributed by atoms with Crippen molar-refractivity contribution >= 4 is 38.9 Å². The number of aliphatic imine (C=N–C) groups is 1. The zero-order chi connectivity index (χ0) is 19.5. The first-order valence-corrected chi connectivity index (χ1v) is 12.2. The van der Waals surface area contributed by atoms with Gasteiger partial charge in [-0.25, -0.2) is 8.42 Å². The molecule has 2 aromatic rings. The van der Waals surface area contributed by atoms with Crippen molar-refractivity contribution in [2.75, 3.05) is 31.1 Å². The molecule has 0 aliphatic rings. The molecule has 148 valence electrons. The van der Waals surface area contributed by atoms with Gasteiger partial charge in [0.25, 0.3) is 0 Å². The van der Waals surface area contributed by atoms with Crippen LogP contribution in [0.3, 0.4) is 0 Å². The van der Waals surface area contributed by atoms with Gasteiger partial charge in [-0.3, -0.25) is 4.99 Å². The quantitative estimate of drug-likeness (QED) is 0.233. The van der Waals surface area contributed by atoms with Crippen molar-refractivity contribution in [3.8, 4) is 0 Å². The van der Waals surface area contributed by atoms with Gasteiger partial charge in [-0.2, -0.15) is 0 Å². The first kappa shape index (κ1) is 21.7. The number of rotatable bonds is 10. The Morgan fingerprint density at radius 1 is 1.22 bits per heavy atom. The fourth-order valence-corrected chi connectivity index (χ4v) is 5.48. The maximum absolute atomic E-state index is 12.2. The highest BCUT2D eigenvalue weighted by atomic mass is 32.2. The Bertz CT molecular complexity index is 794. The first-order chi connectivity index (χ1) is 13.0. The Kier molecular flexibility index (Phi) is 9.12. The van der Waals surface area contributed by atoms with Crippen molar-refractivity contribution in [2.45, 2.75) is 22.1 Å². The van der Waals surface area contributed by atoms with Gasteiger partial charge in [0.2, 0.25) is 0 Å². The number of nitrogens with one attached hydrogen (secondary N) is 2. The smallest absolute Gasteiger partial charge is 0.191 e.